The largest absolute Gasteiger partial charge is 0.392 e. The van der Waals surface area contributed by atoms with Gasteiger partial charge in [-0.3, -0.25) is 0 Å². The first-order valence-electron chi connectivity index (χ1n) is 9.05. The summed E-state index contributed by atoms with van der Waals surface area (Å²) in [6.07, 6.45) is 9.42. The summed E-state index contributed by atoms with van der Waals surface area (Å²) in [5.41, 5.74) is 7.81. The number of benzene rings is 2. The van der Waals surface area contributed by atoms with Crippen molar-refractivity contribution in [3.63, 3.8) is 0 Å². The number of aliphatic hydroxyl groups is 1. The molecule has 25 heavy (non-hydrogen) atoms. The summed E-state index contributed by atoms with van der Waals surface area (Å²) < 4.78 is 0. The lowest BCUT2D eigenvalue weighted by atomic mass is 9.88. The molecule has 0 aromatic heterocycles. The molecule has 0 bridgehead atoms. The van der Waals surface area contributed by atoms with Gasteiger partial charge in [-0.2, -0.15) is 0 Å². The van der Waals surface area contributed by atoms with Gasteiger partial charge >= 0.3 is 0 Å². The molecule has 132 valence electrons. The molecule has 1 nitrogen and oxygen atoms in total. The molecule has 0 aliphatic carbocycles. The van der Waals surface area contributed by atoms with Crippen molar-refractivity contribution >= 4 is 16.8 Å². The maximum absolute atomic E-state index is 9.06. The van der Waals surface area contributed by atoms with Crippen LogP contribution in [0.25, 0.3) is 16.8 Å². The standard InChI is InChI=1S/C24H30O/c1-6-21-23(15-14-17(2)10-9-11-18(3)16-25)20(5)19(4)22-12-7-8-13-24(21)22/h6-8,11-14,25H,1,9-10,15-16H2,2-5H3. The third kappa shape index (κ3) is 4.49. The van der Waals surface area contributed by atoms with Crippen LogP contribution in [0, 0.1) is 13.8 Å². The topological polar surface area (TPSA) is 20.2 Å². The van der Waals surface area contributed by atoms with Gasteiger partial charge in [-0.1, -0.05) is 60.2 Å². The highest BCUT2D eigenvalue weighted by Crippen LogP contribution is 2.31. The Bertz CT molecular complexity index is 822. The van der Waals surface area contributed by atoms with Gasteiger partial charge in [0, 0.05) is 0 Å². The monoisotopic (exact) mass is 334 g/mol. The summed E-state index contributed by atoms with van der Waals surface area (Å²) in [6, 6.07) is 8.60. The van der Waals surface area contributed by atoms with E-state index in [0.717, 1.165) is 24.8 Å². The van der Waals surface area contributed by atoms with E-state index in [0.29, 0.717) is 0 Å². The fourth-order valence-electron chi connectivity index (χ4n) is 3.32. The Kier molecular flexibility index (Phi) is 6.78. The molecule has 0 fully saturated rings. The van der Waals surface area contributed by atoms with Gasteiger partial charge in [0.05, 0.1) is 6.61 Å². The van der Waals surface area contributed by atoms with Crippen LogP contribution in [-0.4, -0.2) is 11.7 Å². The Hall–Kier alpha value is -2.12. The Morgan fingerprint density at radius 3 is 2.32 bits per heavy atom. The molecule has 0 aliphatic rings. The third-order valence-corrected chi connectivity index (χ3v) is 5.10. The average Bonchev–Trinajstić information content (AvgIpc) is 2.63. The molecule has 0 spiro atoms. The maximum Gasteiger partial charge on any atom is 0.0639 e. The van der Waals surface area contributed by atoms with E-state index in [9.17, 15) is 0 Å². The molecule has 2 rings (SSSR count). The minimum Gasteiger partial charge on any atom is -0.392 e. The lowest BCUT2D eigenvalue weighted by molar-refractivity contribution is 0.331. The number of fused-ring (bicyclic) bond motifs is 1. The third-order valence-electron chi connectivity index (χ3n) is 5.10. The molecule has 0 heterocycles. The van der Waals surface area contributed by atoms with E-state index in [1.807, 2.05) is 13.0 Å². The molecule has 0 saturated heterocycles. The van der Waals surface area contributed by atoms with E-state index in [1.165, 1.54) is 38.6 Å². The lowest BCUT2D eigenvalue weighted by Crippen LogP contribution is -1.98. The second kappa shape index (κ2) is 8.82. The van der Waals surface area contributed by atoms with E-state index in [-0.39, 0.29) is 6.61 Å². The van der Waals surface area contributed by atoms with E-state index < -0.39 is 0 Å². The Balaban J connectivity index is 2.30. The van der Waals surface area contributed by atoms with Crippen LogP contribution in [0.2, 0.25) is 0 Å². The second-order valence-electron chi connectivity index (χ2n) is 6.89. The Morgan fingerprint density at radius 2 is 1.68 bits per heavy atom. The number of allylic oxidation sites excluding steroid dienone is 3. The summed E-state index contributed by atoms with van der Waals surface area (Å²) in [5, 5.41) is 11.7. The Labute approximate surface area is 152 Å². The van der Waals surface area contributed by atoms with E-state index in [1.54, 1.807) is 0 Å². The molecular formula is C24H30O. The van der Waals surface area contributed by atoms with Crippen molar-refractivity contribution in [2.24, 2.45) is 0 Å². The molecule has 0 radical (unpaired) electrons. The van der Waals surface area contributed by atoms with E-state index in [4.69, 9.17) is 5.11 Å². The zero-order chi connectivity index (χ0) is 18.4. The Morgan fingerprint density at radius 1 is 1.00 bits per heavy atom. The van der Waals surface area contributed by atoms with Crippen LogP contribution < -0.4 is 0 Å². The van der Waals surface area contributed by atoms with Gasteiger partial charge in [-0.15, -0.1) is 0 Å². The number of rotatable bonds is 7. The van der Waals surface area contributed by atoms with Gasteiger partial charge in [-0.25, -0.2) is 0 Å². The predicted molar refractivity (Wildman–Crippen MR) is 111 cm³/mol. The minimum absolute atomic E-state index is 0.154. The van der Waals surface area contributed by atoms with Crippen LogP contribution in [-0.2, 0) is 6.42 Å². The van der Waals surface area contributed by atoms with Crippen LogP contribution in [0.1, 0.15) is 48.9 Å². The van der Waals surface area contributed by atoms with E-state index in [2.05, 4.69) is 63.8 Å². The molecule has 1 heteroatoms. The van der Waals surface area contributed by atoms with E-state index >= 15 is 0 Å². The zero-order valence-electron chi connectivity index (χ0n) is 16.0. The fraction of sp³-hybridized carbons (Fsp3) is 0.333. The summed E-state index contributed by atoms with van der Waals surface area (Å²) in [4.78, 5) is 0. The minimum atomic E-state index is 0.154. The highest BCUT2D eigenvalue weighted by molar-refractivity contribution is 5.95. The highest BCUT2D eigenvalue weighted by Gasteiger charge is 2.11. The number of aliphatic hydroxyl groups excluding tert-OH is 1. The van der Waals surface area contributed by atoms with Gasteiger partial charge in [0.2, 0.25) is 0 Å². The first-order chi connectivity index (χ1) is 12.0. The first kappa shape index (κ1) is 19.2. The molecule has 0 unspecified atom stereocenters. The summed E-state index contributed by atoms with van der Waals surface area (Å²) in [7, 11) is 0. The number of hydrogen-bond acceptors (Lipinski definition) is 1. The predicted octanol–water partition coefficient (Wildman–Crippen LogP) is 6.31. The molecule has 2 aromatic carbocycles. The smallest absolute Gasteiger partial charge is 0.0639 e. The molecule has 0 aliphatic heterocycles. The first-order valence-corrected chi connectivity index (χ1v) is 9.05. The lowest BCUT2D eigenvalue weighted by Gasteiger charge is -2.16. The van der Waals surface area contributed by atoms with Crippen molar-refractivity contribution in [2.75, 3.05) is 6.61 Å². The molecule has 1 N–H and O–H groups in total. The van der Waals surface area contributed by atoms with Crippen molar-refractivity contribution in [1.29, 1.82) is 0 Å². The fourth-order valence-corrected chi connectivity index (χ4v) is 3.32. The van der Waals surface area contributed by atoms with Crippen molar-refractivity contribution in [1.82, 2.24) is 0 Å². The van der Waals surface area contributed by atoms with Gasteiger partial charge in [0.15, 0.2) is 0 Å². The van der Waals surface area contributed by atoms with Crippen LogP contribution in [0.3, 0.4) is 0 Å². The van der Waals surface area contributed by atoms with Crippen molar-refractivity contribution in [3.05, 3.63) is 76.4 Å². The molecule has 0 amide bonds. The normalized spacial score (nSPS) is 12.7. The molecule has 0 atom stereocenters. The quantitative estimate of drug-likeness (QED) is 0.588. The van der Waals surface area contributed by atoms with Gasteiger partial charge in [0.25, 0.3) is 0 Å². The van der Waals surface area contributed by atoms with Crippen molar-refractivity contribution < 1.29 is 5.11 Å². The number of hydrogen-bond donors (Lipinski definition) is 1. The highest BCUT2D eigenvalue weighted by atomic mass is 16.3. The van der Waals surface area contributed by atoms with Crippen LogP contribution in [0.5, 0.6) is 0 Å². The summed E-state index contributed by atoms with van der Waals surface area (Å²) >= 11 is 0. The van der Waals surface area contributed by atoms with Gasteiger partial charge in [-0.05, 0) is 80.0 Å². The maximum atomic E-state index is 9.06. The molecular weight excluding hydrogens is 304 g/mol. The van der Waals surface area contributed by atoms with Crippen LogP contribution >= 0.6 is 0 Å². The average molecular weight is 335 g/mol. The number of aryl methyl sites for hydroxylation is 1. The molecule has 2 aromatic rings. The van der Waals surface area contributed by atoms with Crippen molar-refractivity contribution in [3.8, 4) is 0 Å². The van der Waals surface area contributed by atoms with Gasteiger partial charge in [0.1, 0.15) is 0 Å². The van der Waals surface area contributed by atoms with Crippen LogP contribution in [0.4, 0.5) is 0 Å². The SMILES string of the molecule is C=Cc1c(CC=C(C)CCC=C(C)CO)c(C)c(C)c2ccccc12. The molecule has 0 saturated carbocycles. The van der Waals surface area contributed by atoms with Crippen molar-refractivity contribution in [2.45, 2.75) is 47.0 Å². The van der Waals surface area contributed by atoms with Crippen LogP contribution in [0.15, 0.2) is 54.1 Å². The van der Waals surface area contributed by atoms with Gasteiger partial charge < -0.3 is 5.11 Å². The summed E-state index contributed by atoms with van der Waals surface area (Å²) in [6.45, 7) is 12.8. The zero-order valence-corrected chi connectivity index (χ0v) is 16.0. The second-order valence-corrected chi connectivity index (χ2v) is 6.89. The summed E-state index contributed by atoms with van der Waals surface area (Å²) in [5.74, 6) is 0.